The number of allylic oxidation sites excluding steroid dienone is 3. The van der Waals surface area contributed by atoms with Gasteiger partial charge in [0.1, 0.15) is 12.3 Å². The number of hydrogen-bond donors (Lipinski definition) is 1. The van der Waals surface area contributed by atoms with E-state index in [1.54, 1.807) is 7.05 Å². The molecule has 1 atom stereocenters. The fourth-order valence-electron chi connectivity index (χ4n) is 3.08. The van der Waals surface area contributed by atoms with E-state index in [-0.39, 0.29) is 24.2 Å². The van der Waals surface area contributed by atoms with Gasteiger partial charge in [-0.2, -0.15) is 13.2 Å². The van der Waals surface area contributed by atoms with Crippen LogP contribution in [0.1, 0.15) is 39.5 Å². The second-order valence-corrected chi connectivity index (χ2v) is 7.38. The molecule has 0 aromatic carbocycles. The van der Waals surface area contributed by atoms with E-state index in [9.17, 15) is 22.8 Å². The van der Waals surface area contributed by atoms with Gasteiger partial charge >= 0.3 is 6.18 Å². The molecule has 27 heavy (non-hydrogen) atoms. The van der Waals surface area contributed by atoms with Crippen LogP contribution in [0.15, 0.2) is 23.4 Å². The van der Waals surface area contributed by atoms with Gasteiger partial charge in [-0.3, -0.25) is 9.59 Å². The molecule has 1 aliphatic heterocycles. The largest absolute Gasteiger partial charge is 0.416 e. The maximum atomic E-state index is 13.5. The van der Waals surface area contributed by atoms with Crippen molar-refractivity contribution in [3.05, 3.63) is 23.4 Å². The Kier molecular flexibility index (Phi) is 9.02. The summed E-state index contributed by atoms with van der Waals surface area (Å²) in [5.74, 6) is -0.434. The summed E-state index contributed by atoms with van der Waals surface area (Å²) in [6, 6.07) is -0.707. The average Bonchev–Trinajstić information content (AvgIpc) is 2.49. The first-order valence-electron chi connectivity index (χ1n) is 9.23. The molecule has 0 aromatic rings. The molecule has 1 rings (SSSR count). The molecular weight excluding hydrogens is 359 g/mol. The Balaban J connectivity index is 3.07. The lowest BCUT2D eigenvalue weighted by Gasteiger charge is -2.31. The topological polar surface area (TPSA) is 66.6 Å². The van der Waals surface area contributed by atoms with Gasteiger partial charge in [-0.15, -0.1) is 0 Å². The molecule has 2 N–H and O–H groups in total. The predicted molar refractivity (Wildman–Crippen MR) is 98.8 cm³/mol. The normalized spacial score (nSPS) is 17.6. The van der Waals surface area contributed by atoms with Crippen molar-refractivity contribution in [2.45, 2.75) is 51.7 Å². The third-order valence-electron chi connectivity index (χ3n) is 4.63. The molecule has 1 fully saturated rings. The Morgan fingerprint density at radius 2 is 1.93 bits per heavy atom. The van der Waals surface area contributed by atoms with Crippen LogP contribution in [0.2, 0.25) is 0 Å². The van der Waals surface area contributed by atoms with E-state index in [1.165, 1.54) is 11.1 Å². The number of likely N-dealkylation sites (N-methyl/N-ethyl adjacent to an activating group) is 1. The van der Waals surface area contributed by atoms with Crippen molar-refractivity contribution in [1.82, 2.24) is 9.80 Å². The van der Waals surface area contributed by atoms with Crippen LogP contribution in [-0.4, -0.2) is 60.9 Å². The molecule has 0 radical (unpaired) electrons. The molecule has 1 aliphatic rings. The highest BCUT2D eigenvalue weighted by molar-refractivity contribution is 5.80. The molecule has 1 unspecified atom stereocenters. The van der Waals surface area contributed by atoms with E-state index in [0.29, 0.717) is 25.5 Å². The highest BCUT2D eigenvalue weighted by Gasteiger charge is 2.36. The zero-order valence-corrected chi connectivity index (χ0v) is 16.3. The van der Waals surface area contributed by atoms with Gasteiger partial charge in [0.15, 0.2) is 0 Å². The molecule has 0 spiro atoms. The molecule has 8 heteroatoms. The average molecular weight is 389 g/mol. The Morgan fingerprint density at radius 3 is 2.33 bits per heavy atom. The quantitative estimate of drug-likeness (QED) is 0.335. The predicted octanol–water partition coefficient (Wildman–Crippen LogP) is 2.88. The molecule has 1 saturated heterocycles. The first-order chi connectivity index (χ1) is 12.6. The van der Waals surface area contributed by atoms with Crippen molar-refractivity contribution in [3.8, 4) is 0 Å². The van der Waals surface area contributed by atoms with Crippen LogP contribution in [0, 0.1) is 5.92 Å². The van der Waals surface area contributed by atoms with Gasteiger partial charge in [0.05, 0.1) is 5.57 Å². The summed E-state index contributed by atoms with van der Waals surface area (Å²) in [6.45, 7) is 6.46. The summed E-state index contributed by atoms with van der Waals surface area (Å²) in [5, 5.41) is 0. The highest BCUT2D eigenvalue weighted by Crippen LogP contribution is 2.33. The maximum Gasteiger partial charge on any atom is 0.416 e. The van der Waals surface area contributed by atoms with E-state index < -0.39 is 23.7 Å². The second kappa shape index (κ2) is 10.5. The number of hydrogen-bond acceptors (Lipinski definition) is 4. The molecule has 0 aromatic heterocycles. The number of carbonyl (C=O) groups excluding carboxylic acids is 2. The molecule has 0 aliphatic carbocycles. The standard InChI is InChI=1S/C19H30F3N3O2/c1-14(2)12-17(18(23)27)24(3)13-15(6-4-8-25-9-5-10-25)16(7-11-26)19(20,21)22/h7,11,13-14,17H,4-6,8-10,12H2,1-3H3,(H2,23,27)/b15-13-,16-7+. The fourth-order valence-corrected chi connectivity index (χ4v) is 3.08. The molecule has 1 amide bonds. The summed E-state index contributed by atoms with van der Waals surface area (Å²) in [7, 11) is 1.54. The number of nitrogens with two attached hydrogens (primary N) is 1. The minimum Gasteiger partial charge on any atom is -0.368 e. The Hall–Kier alpha value is -1.83. The van der Waals surface area contributed by atoms with Gasteiger partial charge in [-0.1, -0.05) is 13.8 Å². The number of rotatable bonds is 11. The Labute approximate surface area is 159 Å². The van der Waals surface area contributed by atoms with E-state index in [2.05, 4.69) is 4.90 Å². The number of halogens is 3. The van der Waals surface area contributed by atoms with Crippen molar-refractivity contribution in [2.75, 3.05) is 26.7 Å². The Morgan fingerprint density at radius 1 is 1.30 bits per heavy atom. The highest BCUT2D eigenvalue weighted by atomic mass is 19.4. The van der Waals surface area contributed by atoms with Gasteiger partial charge in [-0.25, -0.2) is 0 Å². The fraction of sp³-hybridized carbons (Fsp3) is 0.684. The number of aldehydes is 1. The third-order valence-corrected chi connectivity index (χ3v) is 4.63. The van der Waals surface area contributed by atoms with Gasteiger partial charge in [0.2, 0.25) is 5.91 Å². The van der Waals surface area contributed by atoms with Crippen molar-refractivity contribution in [3.63, 3.8) is 0 Å². The zero-order chi connectivity index (χ0) is 20.6. The van der Waals surface area contributed by atoms with Crippen LogP contribution in [-0.2, 0) is 9.59 Å². The lowest BCUT2D eigenvalue weighted by molar-refractivity contribution is -0.122. The van der Waals surface area contributed by atoms with E-state index in [0.717, 1.165) is 19.5 Å². The summed E-state index contributed by atoms with van der Waals surface area (Å²) in [6.07, 6.45) is -0.398. The molecular formula is C19H30F3N3O2. The molecule has 154 valence electrons. The monoisotopic (exact) mass is 389 g/mol. The van der Waals surface area contributed by atoms with Gasteiger partial charge in [0.25, 0.3) is 0 Å². The van der Waals surface area contributed by atoms with Gasteiger partial charge in [0, 0.05) is 13.2 Å². The zero-order valence-electron chi connectivity index (χ0n) is 16.3. The minimum atomic E-state index is -4.65. The summed E-state index contributed by atoms with van der Waals surface area (Å²) in [4.78, 5) is 26.1. The third kappa shape index (κ3) is 7.74. The smallest absolute Gasteiger partial charge is 0.368 e. The summed E-state index contributed by atoms with van der Waals surface area (Å²) < 4.78 is 40.4. The molecule has 5 nitrogen and oxygen atoms in total. The van der Waals surface area contributed by atoms with Crippen molar-refractivity contribution >= 4 is 12.2 Å². The first-order valence-corrected chi connectivity index (χ1v) is 9.23. The van der Waals surface area contributed by atoms with Gasteiger partial charge in [-0.05, 0) is 62.9 Å². The van der Waals surface area contributed by atoms with E-state index >= 15 is 0 Å². The van der Waals surface area contributed by atoms with E-state index in [4.69, 9.17) is 5.73 Å². The lowest BCUT2D eigenvalue weighted by Crippen LogP contribution is -2.41. The Bertz CT molecular complexity index is 567. The van der Waals surface area contributed by atoms with Crippen LogP contribution in [0.4, 0.5) is 13.2 Å². The summed E-state index contributed by atoms with van der Waals surface area (Å²) >= 11 is 0. The number of nitrogens with zero attached hydrogens (tertiary/aromatic N) is 2. The SMILES string of the molecule is CC(C)CC(C(N)=O)N(C)/C=C(CCCN1CCC1)\C(=C/C=O)C(F)(F)F. The number of alkyl halides is 3. The van der Waals surface area contributed by atoms with Crippen LogP contribution in [0.3, 0.4) is 0 Å². The molecule has 1 heterocycles. The number of likely N-dealkylation sites (tertiary alicyclic amines) is 1. The van der Waals surface area contributed by atoms with Crippen LogP contribution in [0.5, 0.6) is 0 Å². The first kappa shape index (κ1) is 23.2. The number of amides is 1. The molecule has 0 saturated carbocycles. The van der Waals surface area contributed by atoms with Crippen LogP contribution < -0.4 is 5.73 Å². The van der Waals surface area contributed by atoms with Crippen LogP contribution in [0.25, 0.3) is 0 Å². The lowest BCUT2D eigenvalue weighted by atomic mass is 9.98. The maximum absolute atomic E-state index is 13.5. The number of primary amides is 1. The van der Waals surface area contributed by atoms with Crippen molar-refractivity contribution < 1.29 is 22.8 Å². The number of carbonyl (C=O) groups is 2. The van der Waals surface area contributed by atoms with Crippen molar-refractivity contribution in [1.29, 1.82) is 0 Å². The van der Waals surface area contributed by atoms with Gasteiger partial charge < -0.3 is 15.5 Å². The second-order valence-electron chi connectivity index (χ2n) is 7.38. The minimum absolute atomic E-state index is 0.00682. The van der Waals surface area contributed by atoms with Crippen molar-refractivity contribution in [2.24, 2.45) is 11.7 Å². The van der Waals surface area contributed by atoms with Crippen LogP contribution >= 0.6 is 0 Å². The molecule has 0 bridgehead atoms. The summed E-state index contributed by atoms with van der Waals surface area (Å²) in [5.41, 5.74) is 4.46. The van der Waals surface area contributed by atoms with E-state index in [1.807, 2.05) is 13.8 Å².